The van der Waals surface area contributed by atoms with Gasteiger partial charge in [0.1, 0.15) is 4.90 Å². The smallest absolute Gasteiger partial charge is 0.239 e. The van der Waals surface area contributed by atoms with Crippen molar-refractivity contribution in [3.63, 3.8) is 0 Å². The molecule has 0 radical (unpaired) electrons. The molecule has 9 nitrogen and oxygen atoms in total. The molecule has 4 aromatic rings. The SMILES string of the molecule is CC.CC.NS(=O)(=O)c1c(-c2ccc(C3CCNCC3)cc2)ccc(-c2ccc(C3CCNCC3)cc2)c1-c1nn[nH]n1. The van der Waals surface area contributed by atoms with Gasteiger partial charge in [-0.25, -0.2) is 13.6 Å². The summed E-state index contributed by atoms with van der Waals surface area (Å²) in [6, 6.07) is 20.3. The summed E-state index contributed by atoms with van der Waals surface area (Å²) in [6.07, 6.45) is 4.39. The topological polar surface area (TPSA) is 139 Å². The number of nitrogens with one attached hydrogen (secondary N) is 3. The lowest BCUT2D eigenvalue weighted by Crippen LogP contribution is -2.26. The predicted molar refractivity (Wildman–Crippen MR) is 174 cm³/mol. The largest absolute Gasteiger partial charge is 0.317 e. The Hall–Kier alpha value is -3.44. The van der Waals surface area contributed by atoms with E-state index in [2.05, 4.69) is 55.5 Å². The molecule has 2 aliphatic heterocycles. The molecule has 5 N–H and O–H groups in total. The van der Waals surface area contributed by atoms with Crippen LogP contribution in [0.3, 0.4) is 0 Å². The molecule has 43 heavy (non-hydrogen) atoms. The number of sulfonamides is 1. The van der Waals surface area contributed by atoms with Crippen molar-refractivity contribution in [1.82, 2.24) is 31.3 Å². The van der Waals surface area contributed by atoms with Gasteiger partial charge in [0, 0.05) is 5.56 Å². The average Bonchev–Trinajstić information content (AvgIpc) is 3.62. The van der Waals surface area contributed by atoms with Gasteiger partial charge in [0.2, 0.25) is 15.8 Å². The molecule has 0 bridgehead atoms. The quantitative estimate of drug-likeness (QED) is 0.217. The van der Waals surface area contributed by atoms with E-state index in [9.17, 15) is 8.42 Å². The Bertz CT molecular complexity index is 1530. The zero-order valence-corrected chi connectivity index (χ0v) is 26.5. The van der Waals surface area contributed by atoms with Crippen LogP contribution in [-0.4, -0.2) is 55.2 Å². The highest BCUT2D eigenvalue weighted by Gasteiger charge is 2.27. The number of aromatic nitrogens is 4. The molecule has 3 heterocycles. The predicted octanol–water partition coefficient (Wildman–Crippen LogP) is 5.83. The number of benzene rings is 3. The van der Waals surface area contributed by atoms with Crippen LogP contribution in [0.25, 0.3) is 33.6 Å². The third-order valence-corrected chi connectivity index (χ3v) is 9.07. The maximum atomic E-state index is 13.2. The average molecular weight is 604 g/mol. The maximum Gasteiger partial charge on any atom is 0.239 e. The first-order valence-corrected chi connectivity index (χ1v) is 17.1. The molecule has 3 aromatic carbocycles. The number of piperidine rings is 2. The van der Waals surface area contributed by atoms with E-state index in [1.807, 2.05) is 64.1 Å². The van der Waals surface area contributed by atoms with Crippen molar-refractivity contribution in [3.8, 4) is 33.6 Å². The van der Waals surface area contributed by atoms with Gasteiger partial charge in [-0.15, -0.1) is 10.2 Å². The molecule has 2 saturated heterocycles. The molecule has 0 aliphatic carbocycles. The molecular formula is C33H45N7O2S. The summed E-state index contributed by atoms with van der Waals surface area (Å²) in [5, 5.41) is 27.2. The fourth-order valence-corrected chi connectivity index (χ4v) is 6.99. The summed E-state index contributed by atoms with van der Waals surface area (Å²) in [6.45, 7) is 12.1. The summed E-state index contributed by atoms with van der Waals surface area (Å²) in [7, 11) is -4.16. The molecule has 230 valence electrons. The molecule has 0 atom stereocenters. The normalized spacial score (nSPS) is 16.0. The monoisotopic (exact) mass is 603 g/mol. The first kappa shape index (κ1) is 32.5. The summed E-state index contributed by atoms with van der Waals surface area (Å²) >= 11 is 0. The van der Waals surface area contributed by atoms with Gasteiger partial charge < -0.3 is 10.6 Å². The fraction of sp³-hybridized carbons (Fsp3) is 0.424. The number of hydrogen-bond acceptors (Lipinski definition) is 7. The third-order valence-electron chi connectivity index (χ3n) is 8.08. The number of tetrazole rings is 1. The zero-order valence-electron chi connectivity index (χ0n) is 25.7. The maximum absolute atomic E-state index is 13.2. The van der Waals surface area contributed by atoms with Crippen molar-refractivity contribution in [2.75, 3.05) is 26.2 Å². The van der Waals surface area contributed by atoms with Crippen LogP contribution in [0.5, 0.6) is 0 Å². The van der Waals surface area contributed by atoms with Gasteiger partial charge in [0.15, 0.2) is 0 Å². The molecular weight excluding hydrogens is 558 g/mol. The molecule has 6 rings (SSSR count). The number of rotatable bonds is 6. The summed E-state index contributed by atoms with van der Waals surface area (Å²) in [4.78, 5) is -0.00144. The van der Waals surface area contributed by atoms with Crippen molar-refractivity contribution >= 4 is 10.0 Å². The second kappa shape index (κ2) is 15.3. The Labute approximate surface area is 256 Å². The van der Waals surface area contributed by atoms with Crippen LogP contribution in [0.15, 0.2) is 65.6 Å². The summed E-state index contributed by atoms with van der Waals surface area (Å²) in [5.41, 5.74) is 5.75. The minimum Gasteiger partial charge on any atom is -0.317 e. The van der Waals surface area contributed by atoms with Crippen molar-refractivity contribution in [1.29, 1.82) is 0 Å². The first-order chi connectivity index (χ1) is 21.0. The van der Waals surface area contributed by atoms with E-state index in [1.54, 1.807) is 0 Å². The Morgan fingerprint density at radius 2 is 1.12 bits per heavy atom. The van der Waals surface area contributed by atoms with Crippen LogP contribution >= 0.6 is 0 Å². The van der Waals surface area contributed by atoms with Crippen LogP contribution in [0.2, 0.25) is 0 Å². The van der Waals surface area contributed by atoms with E-state index < -0.39 is 10.0 Å². The number of nitrogens with zero attached hydrogens (tertiary/aromatic N) is 3. The number of H-pyrrole nitrogens is 1. The van der Waals surface area contributed by atoms with E-state index in [4.69, 9.17) is 5.14 Å². The highest BCUT2D eigenvalue weighted by Crippen LogP contribution is 2.41. The molecule has 0 amide bonds. The summed E-state index contributed by atoms with van der Waals surface area (Å²) in [5.74, 6) is 1.21. The molecule has 0 unspecified atom stereocenters. The lowest BCUT2D eigenvalue weighted by Gasteiger charge is -2.23. The highest BCUT2D eigenvalue weighted by molar-refractivity contribution is 7.89. The lowest BCUT2D eigenvalue weighted by atomic mass is 9.87. The Kier molecular flexibility index (Phi) is 11.6. The van der Waals surface area contributed by atoms with Crippen LogP contribution in [-0.2, 0) is 10.0 Å². The van der Waals surface area contributed by atoms with Gasteiger partial charge in [0.25, 0.3) is 0 Å². The van der Waals surface area contributed by atoms with E-state index in [0.717, 1.165) is 63.0 Å². The highest BCUT2D eigenvalue weighted by atomic mass is 32.2. The molecule has 2 fully saturated rings. The first-order valence-electron chi connectivity index (χ1n) is 15.5. The minimum absolute atomic E-state index is 0.00144. The fourth-order valence-electron chi connectivity index (χ4n) is 6.02. The van der Waals surface area contributed by atoms with Gasteiger partial charge in [-0.05, 0) is 96.7 Å². The Balaban J connectivity index is 0.00000102. The van der Waals surface area contributed by atoms with E-state index in [-0.39, 0.29) is 10.7 Å². The number of primary sulfonamides is 1. The Morgan fingerprint density at radius 3 is 1.53 bits per heavy atom. The lowest BCUT2D eigenvalue weighted by molar-refractivity contribution is 0.460. The van der Waals surface area contributed by atoms with Gasteiger partial charge in [-0.2, -0.15) is 5.21 Å². The van der Waals surface area contributed by atoms with Crippen molar-refractivity contribution in [3.05, 3.63) is 71.8 Å². The Morgan fingerprint density at radius 1 is 0.674 bits per heavy atom. The number of hydrogen-bond donors (Lipinski definition) is 4. The van der Waals surface area contributed by atoms with Crippen LogP contribution in [0.1, 0.15) is 76.3 Å². The second-order valence-electron chi connectivity index (χ2n) is 10.4. The van der Waals surface area contributed by atoms with Gasteiger partial charge >= 0.3 is 0 Å². The van der Waals surface area contributed by atoms with E-state index >= 15 is 0 Å². The zero-order chi connectivity index (χ0) is 30.8. The molecule has 1 aromatic heterocycles. The van der Waals surface area contributed by atoms with Crippen molar-refractivity contribution in [2.45, 2.75) is 70.1 Å². The van der Waals surface area contributed by atoms with Crippen molar-refractivity contribution in [2.24, 2.45) is 5.14 Å². The van der Waals surface area contributed by atoms with Crippen molar-refractivity contribution < 1.29 is 8.42 Å². The van der Waals surface area contributed by atoms with Crippen LogP contribution in [0.4, 0.5) is 0 Å². The van der Waals surface area contributed by atoms with Crippen LogP contribution in [0, 0.1) is 0 Å². The van der Waals surface area contributed by atoms with E-state index in [0.29, 0.717) is 28.5 Å². The number of aromatic amines is 1. The molecule has 10 heteroatoms. The standard InChI is InChI=1S/C29H33N7O2S.2C2H6/c30-39(37,38)28-26(24-7-3-20(4-8-24)22-13-17-32-18-14-22)10-9-25(27(28)29-33-35-36-34-29)23-5-1-19(2-6-23)21-11-15-31-16-12-21;2*1-2/h1-10,21-22,31-32H,11-18H2,(H2,30,37,38)(H,33,34,35,36);2*1-2H3. The molecule has 2 aliphatic rings. The van der Waals surface area contributed by atoms with E-state index in [1.165, 1.54) is 11.1 Å². The number of nitrogens with two attached hydrogens (primary N) is 1. The van der Waals surface area contributed by atoms with Gasteiger partial charge in [-0.1, -0.05) is 88.4 Å². The van der Waals surface area contributed by atoms with Gasteiger partial charge in [0.05, 0.1) is 5.56 Å². The second-order valence-corrected chi connectivity index (χ2v) is 11.9. The molecule has 0 spiro atoms. The van der Waals surface area contributed by atoms with Gasteiger partial charge in [-0.3, -0.25) is 0 Å². The summed E-state index contributed by atoms with van der Waals surface area (Å²) < 4.78 is 26.4. The third kappa shape index (κ3) is 7.56. The van der Waals surface area contributed by atoms with Crippen LogP contribution < -0.4 is 15.8 Å². The minimum atomic E-state index is -4.16. The molecule has 0 saturated carbocycles.